The molecule has 3 nitrogen and oxygen atoms in total. The summed E-state index contributed by atoms with van der Waals surface area (Å²) >= 11 is 0. The van der Waals surface area contributed by atoms with Gasteiger partial charge in [-0.05, 0) is 43.4 Å². The van der Waals surface area contributed by atoms with Gasteiger partial charge in [0, 0.05) is 35.5 Å². The van der Waals surface area contributed by atoms with Crippen LogP contribution in [-0.4, -0.2) is 22.9 Å². The third-order valence-corrected chi connectivity index (χ3v) is 6.25. The molecule has 1 saturated carbocycles. The smallest absolute Gasteiger partial charge is 0.368 e. The molecule has 1 aliphatic heterocycles. The van der Waals surface area contributed by atoms with E-state index in [4.69, 9.17) is 0 Å². The van der Waals surface area contributed by atoms with Gasteiger partial charge in [0.15, 0.2) is 0 Å². The van der Waals surface area contributed by atoms with Crippen LogP contribution in [0.5, 0.6) is 0 Å². The van der Waals surface area contributed by atoms with Crippen molar-refractivity contribution in [3.05, 3.63) is 41.1 Å². The first kappa shape index (κ1) is 21.7. The molecule has 6 heteroatoms. The van der Waals surface area contributed by atoms with E-state index in [0.717, 1.165) is 30.7 Å². The van der Waals surface area contributed by atoms with E-state index in [1.165, 1.54) is 31.4 Å². The molecular formula is C23H31F3N2O. The highest BCUT2D eigenvalue weighted by Gasteiger charge is 2.42. The largest absolute Gasteiger partial charge is 0.416 e. The SMILES string of the molecule is CC1=C(C(=O)Nc2cccc(C(F)(F)F)c2)CC(C(C)(C)C)N1C1CCCCC1. The molecule has 1 aliphatic carbocycles. The van der Waals surface area contributed by atoms with Crippen LogP contribution in [-0.2, 0) is 11.0 Å². The van der Waals surface area contributed by atoms with Gasteiger partial charge in [-0.25, -0.2) is 0 Å². The first-order valence-corrected chi connectivity index (χ1v) is 10.4. The van der Waals surface area contributed by atoms with Crippen LogP contribution in [0.4, 0.5) is 18.9 Å². The van der Waals surface area contributed by atoms with Crippen molar-refractivity contribution in [3.8, 4) is 0 Å². The molecule has 160 valence electrons. The van der Waals surface area contributed by atoms with E-state index in [9.17, 15) is 18.0 Å². The quantitative estimate of drug-likeness (QED) is 0.630. The van der Waals surface area contributed by atoms with Gasteiger partial charge in [-0.1, -0.05) is 46.1 Å². The first-order valence-electron chi connectivity index (χ1n) is 10.4. The summed E-state index contributed by atoms with van der Waals surface area (Å²) in [5, 5.41) is 2.70. The van der Waals surface area contributed by atoms with Crippen molar-refractivity contribution in [1.82, 2.24) is 4.90 Å². The highest BCUT2D eigenvalue weighted by atomic mass is 19.4. The summed E-state index contributed by atoms with van der Waals surface area (Å²) in [6, 6.07) is 5.47. The molecule has 1 amide bonds. The van der Waals surface area contributed by atoms with E-state index in [0.29, 0.717) is 18.0 Å². The van der Waals surface area contributed by atoms with Crippen LogP contribution in [0.25, 0.3) is 0 Å². The summed E-state index contributed by atoms with van der Waals surface area (Å²) in [7, 11) is 0. The summed E-state index contributed by atoms with van der Waals surface area (Å²) < 4.78 is 38.9. The molecule has 2 aliphatic rings. The number of alkyl halides is 3. The number of carbonyl (C=O) groups excluding carboxylic acids is 1. The lowest BCUT2D eigenvalue weighted by Crippen LogP contribution is -2.46. The molecule has 0 saturated heterocycles. The minimum atomic E-state index is -4.43. The number of carbonyl (C=O) groups is 1. The van der Waals surface area contributed by atoms with Crippen molar-refractivity contribution in [3.63, 3.8) is 0 Å². The third-order valence-electron chi connectivity index (χ3n) is 6.25. The number of allylic oxidation sites excluding steroid dienone is 1. The molecule has 0 aromatic heterocycles. The second kappa shape index (κ2) is 8.04. The fraction of sp³-hybridized carbons (Fsp3) is 0.609. The Labute approximate surface area is 171 Å². The number of benzene rings is 1. The normalized spacial score (nSPS) is 21.6. The lowest BCUT2D eigenvalue weighted by molar-refractivity contribution is -0.137. The summed E-state index contributed by atoms with van der Waals surface area (Å²) in [6.07, 6.45) is 2.12. The van der Waals surface area contributed by atoms with Gasteiger partial charge in [-0.3, -0.25) is 4.79 Å². The minimum Gasteiger partial charge on any atom is -0.368 e. The molecule has 0 bridgehead atoms. The molecule has 3 rings (SSSR count). The molecule has 1 fully saturated rings. The van der Waals surface area contributed by atoms with Crippen LogP contribution in [0.2, 0.25) is 0 Å². The van der Waals surface area contributed by atoms with Crippen molar-refractivity contribution in [2.75, 3.05) is 5.32 Å². The zero-order valence-corrected chi connectivity index (χ0v) is 17.7. The van der Waals surface area contributed by atoms with Gasteiger partial charge >= 0.3 is 6.18 Å². The van der Waals surface area contributed by atoms with Crippen LogP contribution < -0.4 is 5.32 Å². The Balaban J connectivity index is 1.84. The number of hydrogen-bond donors (Lipinski definition) is 1. The van der Waals surface area contributed by atoms with Gasteiger partial charge < -0.3 is 10.2 Å². The van der Waals surface area contributed by atoms with Crippen LogP contribution in [0.1, 0.15) is 71.8 Å². The molecule has 0 spiro atoms. The van der Waals surface area contributed by atoms with E-state index in [2.05, 4.69) is 31.0 Å². The van der Waals surface area contributed by atoms with Gasteiger partial charge in [-0.15, -0.1) is 0 Å². The van der Waals surface area contributed by atoms with E-state index in [1.54, 1.807) is 0 Å². The van der Waals surface area contributed by atoms with Crippen molar-refractivity contribution in [1.29, 1.82) is 0 Å². The highest BCUT2D eigenvalue weighted by Crippen LogP contribution is 2.43. The number of amides is 1. The van der Waals surface area contributed by atoms with Gasteiger partial charge in [0.25, 0.3) is 5.91 Å². The monoisotopic (exact) mass is 408 g/mol. The summed E-state index contributed by atoms with van der Waals surface area (Å²) in [6.45, 7) is 8.55. The predicted octanol–water partition coefficient (Wildman–Crippen LogP) is 6.37. The Morgan fingerprint density at radius 1 is 1.10 bits per heavy atom. The van der Waals surface area contributed by atoms with Crippen molar-refractivity contribution in [2.24, 2.45) is 5.41 Å². The minimum absolute atomic E-state index is 0.00304. The maximum Gasteiger partial charge on any atom is 0.416 e. The van der Waals surface area contributed by atoms with E-state index in [1.807, 2.05) is 6.92 Å². The Hall–Kier alpha value is -1.98. The molecule has 1 unspecified atom stereocenters. The summed E-state index contributed by atoms with van der Waals surface area (Å²) in [5.41, 5.74) is 1.07. The average molecular weight is 409 g/mol. The lowest BCUT2D eigenvalue weighted by Gasteiger charge is -2.44. The molecule has 1 atom stereocenters. The van der Waals surface area contributed by atoms with Crippen LogP contribution >= 0.6 is 0 Å². The summed E-state index contributed by atoms with van der Waals surface area (Å²) in [5.74, 6) is -0.297. The number of nitrogens with zero attached hydrogens (tertiary/aromatic N) is 1. The molecule has 1 aromatic carbocycles. The Bertz CT molecular complexity index is 786. The zero-order chi connectivity index (χ0) is 21.4. The Morgan fingerprint density at radius 3 is 2.34 bits per heavy atom. The van der Waals surface area contributed by atoms with Crippen LogP contribution in [0.3, 0.4) is 0 Å². The number of hydrogen-bond acceptors (Lipinski definition) is 2. The number of anilines is 1. The second-order valence-electron chi connectivity index (χ2n) is 9.38. The highest BCUT2D eigenvalue weighted by molar-refractivity contribution is 6.04. The van der Waals surface area contributed by atoms with Gasteiger partial charge in [0.2, 0.25) is 0 Å². The topological polar surface area (TPSA) is 32.3 Å². The fourth-order valence-electron chi connectivity index (χ4n) is 4.68. The van der Waals surface area contributed by atoms with Gasteiger partial charge in [0.05, 0.1) is 5.56 Å². The van der Waals surface area contributed by atoms with Gasteiger partial charge in [0.1, 0.15) is 0 Å². The molecule has 1 heterocycles. The molecular weight excluding hydrogens is 377 g/mol. The van der Waals surface area contributed by atoms with Crippen molar-refractivity contribution in [2.45, 2.75) is 84.5 Å². The standard InChI is InChI=1S/C23H31F3N2O/c1-15-19(21(29)27-17-10-8-9-16(13-17)23(24,25)26)14-20(22(2,3)4)28(15)18-11-6-5-7-12-18/h8-10,13,18,20H,5-7,11-12,14H2,1-4H3,(H,27,29). The van der Waals surface area contributed by atoms with Crippen LogP contribution in [0.15, 0.2) is 35.5 Å². The van der Waals surface area contributed by atoms with Crippen LogP contribution in [0, 0.1) is 5.41 Å². The molecule has 1 N–H and O–H groups in total. The van der Waals surface area contributed by atoms with Crippen molar-refractivity contribution < 1.29 is 18.0 Å². The maximum absolute atomic E-state index is 13.0. The van der Waals surface area contributed by atoms with Gasteiger partial charge in [-0.2, -0.15) is 13.2 Å². The second-order valence-corrected chi connectivity index (χ2v) is 9.38. The zero-order valence-electron chi connectivity index (χ0n) is 17.7. The maximum atomic E-state index is 13.0. The third kappa shape index (κ3) is 4.78. The first-order chi connectivity index (χ1) is 13.5. The predicted molar refractivity (Wildman–Crippen MR) is 109 cm³/mol. The number of halogens is 3. The molecule has 1 aromatic rings. The van der Waals surface area contributed by atoms with E-state index in [-0.39, 0.29) is 23.1 Å². The summed E-state index contributed by atoms with van der Waals surface area (Å²) in [4.78, 5) is 15.4. The fourth-order valence-corrected chi connectivity index (χ4v) is 4.68. The Morgan fingerprint density at radius 2 is 1.76 bits per heavy atom. The number of nitrogens with one attached hydrogen (secondary N) is 1. The Kier molecular flexibility index (Phi) is 6.02. The average Bonchev–Trinajstić information content (AvgIpc) is 3.00. The van der Waals surface area contributed by atoms with E-state index >= 15 is 0 Å². The number of rotatable bonds is 3. The van der Waals surface area contributed by atoms with E-state index < -0.39 is 11.7 Å². The lowest BCUT2D eigenvalue weighted by atomic mass is 9.82. The molecule has 29 heavy (non-hydrogen) atoms. The molecule has 0 radical (unpaired) electrons. The van der Waals surface area contributed by atoms with Crippen molar-refractivity contribution >= 4 is 11.6 Å².